The summed E-state index contributed by atoms with van der Waals surface area (Å²) in [5.41, 5.74) is 0.866. The Kier molecular flexibility index (Phi) is 4.58. The first kappa shape index (κ1) is 14.3. The molecule has 20 heavy (non-hydrogen) atoms. The summed E-state index contributed by atoms with van der Waals surface area (Å²) in [5, 5.41) is 9.65. The topological polar surface area (TPSA) is 59.4 Å². The van der Waals surface area contributed by atoms with Crippen LogP contribution in [-0.4, -0.2) is 16.1 Å². The number of hydrogen-bond donors (Lipinski definition) is 1. The van der Waals surface area contributed by atoms with Crippen LogP contribution in [0.2, 0.25) is 5.02 Å². The van der Waals surface area contributed by atoms with Gasteiger partial charge in [-0.3, -0.25) is 0 Å². The number of halogens is 1. The summed E-state index contributed by atoms with van der Waals surface area (Å²) in [6, 6.07) is 9.85. The van der Waals surface area contributed by atoms with Gasteiger partial charge >= 0.3 is 5.97 Å². The molecule has 0 fully saturated rings. The molecular weight excluding hydrogens is 278 g/mol. The molecule has 0 radical (unpaired) electrons. The second-order valence-corrected chi connectivity index (χ2v) is 4.74. The maximum absolute atomic E-state index is 11.1. The van der Waals surface area contributed by atoms with Gasteiger partial charge in [0.15, 0.2) is 0 Å². The van der Waals surface area contributed by atoms with E-state index in [4.69, 9.17) is 21.4 Å². The number of aryl methyl sites for hydroxylation is 1. The van der Waals surface area contributed by atoms with Crippen LogP contribution < -0.4 is 4.74 Å². The van der Waals surface area contributed by atoms with E-state index < -0.39 is 5.97 Å². The first-order chi connectivity index (χ1) is 9.58. The molecule has 1 heterocycles. The van der Waals surface area contributed by atoms with Crippen LogP contribution in [0.1, 0.15) is 29.4 Å². The summed E-state index contributed by atoms with van der Waals surface area (Å²) in [4.78, 5) is 15.4. The molecule has 0 amide bonds. The summed E-state index contributed by atoms with van der Waals surface area (Å²) in [6.07, 6.45) is 1.58. The standard InChI is InChI=1S/C15H14ClNO3/c1-2-4-12-7-10(15(18)19)8-14(17-12)20-13-6-3-5-11(16)9-13/h3,5-9H,2,4H2,1H3,(H,18,19). The predicted octanol–water partition coefficient (Wildman–Crippen LogP) is 4.18. The van der Waals surface area contributed by atoms with Crippen molar-refractivity contribution >= 4 is 17.6 Å². The van der Waals surface area contributed by atoms with Crippen LogP contribution in [0.5, 0.6) is 11.6 Å². The van der Waals surface area contributed by atoms with Gasteiger partial charge in [0, 0.05) is 16.8 Å². The maximum Gasteiger partial charge on any atom is 0.335 e. The van der Waals surface area contributed by atoms with E-state index in [1.165, 1.54) is 6.07 Å². The van der Waals surface area contributed by atoms with E-state index >= 15 is 0 Å². The lowest BCUT2D eigenvalue weighted by Crippen LogP contribution is -2.02. The zero-order valence-electron chi connectivity index (χ0n) is 11.0. The van der Waals surface area contributed by atoms with Gasteiger partial charge in [-0.1, -0.05) is 31.0 Å². The van der Waals surface area contributed by atoms with E-state index in [0.717, 1.165) is 6.42 Å². The van der Waals surface area contributed by atoms with Crippen molar-refractivity contribution in [1.29, 1.82) is 0 Å². The van der Waals surface area contributed by atoms with Gasteiger partial charge in [0.05, 0.1) is 5.56 Å². The van der Waals surface area contributed by atoms with Crippen LogP contribution in [0.4, 0.5) is 0 Å². The average molecular weight is 292 g/mol. The zero-order valence-corrected chi connectivity index (χ0v) is 11.7. The number of nitrogens with zero attached hydrogens (tertiary/aromatic N) is 1. The van der Waals surface area contributed by atoms with Crippen molar-refractivity contribution in [3.8, 4) is 11.6 Å². The summed E-state index contributed by atoms with van der Waals surface area (Å²) >= 11 is 5.88. The van der Waals surface area contributed by atoms with Crippen LogP contribution in [-0.2, 0) is 6.42 Å². The Labute approximate surface area is 122 Å². The van der Waals surface area contributed by atoms with Crippen molar-refractivity contribution in [2.75, 3.05) is 0 Å². The summed E-state index contributed by atoms with van der Waals surface area (Å²) in [5.74, 6) is -0.216. The lowest BCUT2D eigenvalue weighted by Gasteiger charge is -2.08. The SMILES string of the molecule is CCCc1cc(C(=O)O)cc(Oc2cccc(Cl)c2)n1. The van der Waals surface area contributed by atoms with Gasteiger partial charge in [-0.15, -0.1) is 0 Å². The van der Waals surface area contributed by atoms with Crippen molar-refractivity contribution in [1.82, 2.24) is 4.98 Å². The third kappa shape index (κ3) is 3.71. The predicted molar refractivity (Wildman–Crippen MR) is 76.7 cm³/mol. The fraction of sp³-hybridized carbons (Fsp3) is 0.200. The van der Waals surface area contributed by atoms with Gasteiger partial charge < -0.3 is 9.84 Å². The minimum absolute atomic E-state index is 0.167. The van der Waals surface area contributed by atoms with Gasteiger partial charge in [-0.05, 0) is 30.7 Å². The second kappa shape index (κ2) is 6.39. The molecule has 2 aromatic rings. The molecule has 0 bridgehead atoms. The third-order valence-electron chi connectivity index (χ3n) is 2.63. The highest BCUT2D eigenvalue weighted by atomic mass is 35.5. The molecule has 1 N–H and O–H groups in total. The highest BCUT2D eigenvalue weighted by Crippen LogP contribution is 2.24. The van der Waals surface area contributed by atoms with Crippen molar-refractivity contribution in [2.45, 2.75) is 19.8 Å². The van der Waals surface area contributed by atoms with Crippen LogP contribution >= 0.6 is 11.6 Å². The van der Waals surface area contributed by atoms with Crippen molar-refractivity contribution < 1.29 is 14.6 Å². The van der Waals surface area contributed by atoms with Gasteiger partial charge in [-0.2, -0.15) is 0 Å². The molecule has 5 heteroatoms. The number of carbonyl (C=O) groups is 1. The molecule has 0 aliphatic heterocycles. The van der Waals surface area contributed by atoms with Gasteiger partial charge in [-0.25, -0.2) is 9.78 Å². The number of carboxylic acid groups (broad SMARTS) is 1. The molecule has 4 nitrogen and oxygen atoms in total. The molecule has 0 aliphatic rings. The van der Waals surface area contributed by atoms with E-state index in [2.05, 4.69) is 4.98 Å². The Morgan fingerprint density at radius 1 is 1.35 bits per heavy atom. The Balaban J connectivity index is 2.32. The van der Waals surface area contributed by atoms with Crippen LogP contribution in [0.25, 0.3) is 0 Å². The lowest BCUT2D eigenvalue weighted by molar-refractivity contribution is 0.0696. The minimum atomic E-state index is -0.999. The molecule has 0 aliphatic carbocycles. The highest BCUT2D eigenvalue weighted by molar-refractivity contribution is 6.30. The van der Waals surface area contributed by atoms with E-state index in [1.807, 2.05) is 6.92 Å². The number of aromatic carboxylic acids is 1. The molecule has 0 saturated heterocycles. The average Bonchev–Trinajstić information content (AvgIpc) is 2.38. The Bertz CT molecular complexity index is 628. The fourth-order valence-electron chi connectivity index (χ4n) is 1.77. The molecular formula is C15H14ClNO3. The highest BCUT2D eigenvalue weighted by Gasteiger charge is 2.10. The number of aromatic nitrogens is 1. The monoisotopic (exact) mass is 291 g/mol. The molecule has 1 aromatic heterocycles. The zero-order chi connectivity index (χ0) is 14.5. The van der Waals surface area contributed by atoms with Gasteiger partial charge in [0.25, 0.3) is 0 Å². The summed E-state index contributed by atoms with van der Waals surface area (Å²) < 4.78 is 5.58. The van der Waals surface area contributed by atoms with E-state index in [9.17, 15) is 4.79 Å². The van der Waals surface area contributed by atoms with Crippen molar-refractivity contribution in [3.05, 3.63) is 52.7 Å². The van der Waals surface area contributed by atoms with Crippen LogP contribution in [0, 0.1) is 0 Å². The number of rotatable bonds is 5. The lowest BCUT2D eigenvalue weighted by atomic mass is 10.1. The molecule has 0 saturated carbocycles. The normalized spacial score (nSPS) is 10.3. The molecule has 1 aromatic carbocycles. The van der Waals surface area contributed by atoms with Crippen molar-refractivity contribution in [2.24, 2.45) is 0 Å². The molecule has 0 spiro atoms. The van der Waals surface area contributed by atoms with Crippen LogP contribution in [0.3, 0.4) is 0 Å². The van der Waals surface area contributed by atoms with Crippen LogP contribution in [0.15, 0.2) is 36.4 Å². The minimum Gasteiger partial charge on any atom is -0.478 e. The number of hydrogen-bond acceptors (Lipinski definition) is 3. The number of ether oxygens (including phenoxy) is 1. The largest absolute Gasteiger partial charge is 0.478 e. The number of pyridine rings is 1. The van der Waals surface area contributed by atoms with Gasteiger partial charge in [0.1, 0.15) is 5.75 Å². The Hall–Kier alpha value is -2.07. The molecule has 104 valence electrons. The smallest absolute Gasteiger partial charge is 0.335 e. The van der Waals surface area contributed by atoms with E-state index in [1.54, 1.807) is 30.3 Å². The summed E-state index contributed by atoms with van der Waals surface area (Å²) in [6.45, 7) is 2.01. The first-order valence-corrected chi connectivity index (χ1v) is 6.64. The Morgan fingerprint density at radius 2 is 2.15 bits per heavy atom. The fourth-order valence-corrected chi connectivity index (χ4v) is 1.95. The third-order valence-corrected chi connectivity index (χ3v) is 2.86. The van der Waals surface area contributed by atoms with Gasteiger partial charge in [0.2, 0.25) is 5.88 Å². The second-order valence-electron chi connectivity index (χ2n) is 4.30. The molecule has 0 unspecified atom stereocenters. The first-order valence-electron chi connectivity index (χ1n) is 6.26. The van der Waals surface area contributed by atoms with E-state index in [0.29, 0.717) is 22.9 Å². The van der Waals surface area contributed by atoms with E-state index in [-0.39, 0.29) is 11.4 Å². The molecule has 0 atom stereocenters. The number of benzene rings is 1. The van der Waals surface area contributed by atoms with Crippen molar-refractivity contribution in [3.63, 3.8) is 0 Å². The summed E-state index contributed by atoms with van der Waals surface area (Å²) in [7, 11) is 0. The number of carboxylic acids is 1. The quantitative estimate of drug-likeness (QED) is 0.898. The molecule has 2 rings (SSSR count). The maximum atomic E-state index is 11.1. The Morgan fingerprint density at radius 3 is 2.80 bits per heavy atom.